The van der Waals surface area contributed by atoms with E-state index >= 15 is 0 Å². The molecular weight excluding hydrogens is 186 g/mol. The van der Waals surface area contributed by atoms with Gasteiger partial charge >= 0.3 is 0 Å². The van der Waals surface area contributed by atoms with Crippen LogP contribution in [-0.4, -0.2) is 15.2 Å². The summed E-state index contributed by atoms with van der Waals surface area (Å²) >= 11 is 4.02. The second-order valence-electron chi connectivity index (χ2n) is 2.37. The molecule has 0 N–H and O–H groups in total. The Morgan fingerprint density at radius 3 is 2.85 bits per heavy atom. The number of hydrogen-bond acceptors (Lipinski definition) is 5. The summed E-state index contributed by atoms with van der Waals surface area (Å²) in [5, 5.41) is 7.61. The van der Waals surface area contributed by atoms with Gasteiger partial charge in [0.25, 0.3) is 5.89 Å². The highest BCUT2D eigenvalue weighted by Crippen LogP contribution is 2.14. The number of nitrogens with zero attached hydrogens (tertiary/aromatic N) is 3. The second-order valence-corrected chi connectivity index (χ2v) is 2.69. The third-order valence-corrected chi connectivity index (χ3v) is 1.76. The average molecular weight is 193 g/mol. The van der Waals surface area contributed by atoms with E-state index in [1.165, 1.54) is 0 Å². The maximum Gasteiger partial charge on any atom is 0.266 e. The molecule has 0 aromatic carbocycles. The molecule has 2 aromatic rings. The Bertz CT molecular complexity index is 387. The van der Waals surface area contributed by atoms with Crippen molar-refractivity contribution in [3.63, 3.8) is 0 Å². The molecule has 0 unspecified atom stereocenters. The molecule has 0 saturated heterocycles. The molecule has 13 heavy (non-hydrogen) atoms. The van der Waals surface area contributed by atoms with Crippen LogP contribution in [0.15, 0.2) is 28.8 Å². The molecule has 0 aliphatic rings. The number of rotatable bonds is 2. The summed E-state index contributed by atoms with van der Waals surface area (Å²) in [6.45, 7) is 0. The lowest BCUT2D eigenvalue weighted by atomic mass is 10.3. The Hall–Kier alpha value is -1.36. The van der Waals surface area contributed by atoms with E-state index in [4.69, 9.17) is 4.42 Å². The van der Waals surface area contributed by atoms with Crippen molar-refractivity contribution in [3.8, 4) is 11.6 Å². The van der Waals surface area contributed by atoms with Gasteiger partial charge in [-0.15, -0.1) is 10.2 Å². The van der Waals surface area contributed by atoms with Gasteiger partial charge < -0.3 is 4.42 Å². The minimum absolute atomic E-state index is 0.435. The van der Waals surface area contributed by atoms with E-state index in [1.807, 2.05) is 18.2 Å². The predicted molar refractivity (Wildman–Crippen MR) is 50.2 cm³/mol. The standard InChI is InChI=1S/C8H7N3OS/c13-5-7-10-11-8(12-7)6-3-1-2-4-9-6/h1-4,13H,5H2. The summed E-state index contributed by atoms with van der Waals surface area (Å²) in [4.78, 5) is 4.08. The zero-order valence-electron chi connectivity index (χ0n) is 6.71. The summed E-state index contributed by atoms with van der Waals surface area (Å²) in [6.07, 6.45) is 1.68. The van der Waals surface area contributed by atoms with Crippen molar-refractivity contribution in [2.24, 2.45) is 0 Å². The third kappa shape index (κ3) is 1.70. The topological polar surface area (TPSA) is 51.8 Å². The van der Waals surface area contributed by atoms with E-state index in [9.17, 15) is 0 Å². The van der Waals surface area contributed by atoms with Crippen molar-refractivity contribution in [2.75, 3.05) is 0 Å². The van der Waals surface area contributed by atoms with Crippen LogP contribution in [0.25, 0.3) is 11.6 Å². The van der Waals surface area contributed by atoms with E-state index < -0.39 is 0 Å². The van der Waals surface area contributed by atoms with Crippen LogP contribution < -0.4 is 0 Å². The molecule has 0 bridgehead atoms. The Labute approximate surface area is 80.4 Å². The summed E-state index contributed by atoms with van der Waals surface area (Å²) in [5.74, 6) is 1.38. The molecule has 0 fully saturated rings. The number of thiol groups is 1. The monoisotopic (exact) mass is 193 g/mol. The lowest BCUT2D eigenvalue weighted by molar-refractivity contribution is 0.527. The van der Waals surface area contributed by atoms with Gasteiger partial charge in [0.1, 0.15) is 5.69 Å². The fraction of sp³-hybridized carbons (Fsp3) is 0.125. The van der Waals surface area contributed by atoms with Gasteiger partial charge in [-0.1, -0.05) is 6.07 Å². The van der Waals surface area contributed by atoms with Crippen molar-refractivity contribution in [1.82, 2.24) is 15.2 Å². The lowest BCUT2D eigenvalue weighted by Gasteiger charge is -1.90. The van der Waals surface area contributed by atoms with Gasteiger partial charge in [-0.25, -0.2) is 0 Å². The zero-order chi connectivity index (χ0) is 9.10. The second kappa shape index (κ2) is 3.57. The normalized spacial score (nSPS) is 10.2. The van der Waals surface area contributed by atoms with Crippen LogP contribution in [0, 0.1) is 0 Å². The highest BCUT2D eigenvalue weighted by Gasteiger charge is 2.06. The summed E-state index contributed by atoms with van der Waals surface area (Å²) in [5.41, 5.74) is 0.683. The van der Waals surface area contributed by atoms with Crippen LogP contribution in [-0.2, 0) is 5.75 Å². The maximum absolute atomic E-state index is 5.26. The van der Waals surface area contributed by atoms with E-state index in [0.717, 1.165) is 0 Å². The van der Waals surface area contributed by atoms with Crippen LogP contribution in [0.3, 0.4) is 0 Å². The minimum atomic E-state index is 0.435. The molecule has 66 valence electrons. The fourth-order valence-corrected chi connectivity index (χ4v) is 1.04. The lowest BCUT2D eigenvalue weighted by Crippen LogP contribution is -1.80. The van der Waals surface area contributed by atoms with Crippen LogP contribution in [0.2, 0.25) is 0 Å². The average Bonchev–Trinajstić information content (AvgIpc) is 2.67. The van der Waals surface area contributed by atoms with Crippen LogP contribution in [0.1, 0.15) is 5.89 Å². The maximum atomic E-state index is 5.26. The first-order valence-corrected chi connectivity index (χ1v) is 4.38. The quantitative estimate of drug-likeness (QED) is 0.735. The van der Waals surface area contributed by atoms with E-state index in [-0.39, 0.29) is 0 Å². The highest BCUT2D eigenvalue weighted by molar-refractivity contribution is 7.79. The van der Waals surface area contributed by atoms with Gasteiger partial charge in [-0.05, 0) is 12.1 Å². The molecule has 2 aromatic heterocycles. The van der Waals surface area contributed by atoms with Crippen molar-refractivity contribution < 1.29 is 4.42 Å². The molecule has 5 heteroatoms. The molecule has 0 amide bonds. The van der Waals surface area contributed by atoms with Crippen molar-refractivity contribution >= 4 is 12.6 Å². The molecule has 0 aliphatic heterocycles. The zero-order valence-corrected chi connectivity index (χ0v) is 7.61. The smallest absolute Gasteiger partial charge is 0.266 e. The van der Waals surface area contributed by atoms with Crippen molar-refractivity contribution in [1.29, 1.82) is 0 Å². The van der Waals surface area contributed by atoms with Crippen molar-refractivity contribution in [3.05, 3.63) is 30.3 Å². The third-order valence-electron chi connectivity index (χ3n) is 1.49. The molecule has 4 nitrogen and oxygen atoms in total. The van der Waals surface area contributed by atoms with Gasteiger partial charge in [0.15, 0.2) is 0 Å². The van der Waals surface area contributed by atoms with Gasteiger partial charge in [-0.3, -0.25) is 4.98 Å². The largest absolute Gasteiger partial charge is 0.418 e. The van der Waals surface area contributed by atoms with Gasteiger partial charge in [-0.2, -0.15) is 12.6 Å². The van der Waals surface area contributed by atoms with E-state index in [2.05, 4.69) is 27.8 Å². The fourth-order valence-electron chi connectivity index (χ4n) is 0.910. The Balaban J connectivity index is 2.36. The predicted octanol–water partition coefficient (Wildman–Crippen LogP) is 1.56. The first kappa shape index (κ1) is 8.25. The van der Waals surface area contributed by atoms with Gasteiger partial charge in [0.2, 0.25) is 5.89 Å². The Morgan fingerprint density at radius 1 is 1.31 bits per heavy atom. The molecule has 2 rings (SSSR count). The first-order chi connectivity index (χ1) is 6.40. The molecular formula is C8H7N3OS. The molecule has 0 saturated carbocycles. The molecule has 0 atom stereocenters. The van der Waals surface area contributed by atoms with Crippen LogP contribution in [0.4, 0.5) is 0 Å². The van der Waals surface area contributed by atoms with E-state index in [0.29, 0.717) is 23.2 Å². The number of aromatic nitrogens is 3. The Morgan fingerprint density at radius 2 is 2.23 bits per heavy atom. The summed E-state index contributed by atoms with van der Waals surface area (Å²) in [7, 11) is 0. The minimum Gasteiger partial charge on any atom is -0.418 e. The Kier molecular flexibility index (Phi) is 2.27. The number of pyridine rings is 1. The summed E-state index contributed by atoms with van der Waals surface area (Å²) < 4.78 is 5.26. The molecule has 0 radical (unpaired) electrons. The molecule has 2 heterocycles. The first-order valence-electron chi connectivity index (χ1n) is 3.75. The molecule has 0 aliphatic carbocycles. The van der Waals surface area contributed by atoms with Crippen LogP contribution in [0.5, 0.6) is 0 Å². The van der Waals surface area contributed by atoms with Crippen LogP contribution >= 0.6 is 12.6 Å². The van der Waals surface area contributed by atoms with Crippen molar-refractivity contribution in [2.45, 2.75) is 5.75 Å². The van der Waals surface area contributed by atoms with E-state index in [1.54, 1.807) is 6.20 Å². The number of hydrogen-bond donors (Lipinski definition) is 1. The van der Waals surface area contributed by atoms with Gasteiger partial charge in [0.05, 0.1) is 5.75 Å². The van der Waals surface area contributed by atoms with Gasteiger partial charge in [0, 0.05) is 6.20 Å². The SMILES string of the molecule is SCc1nnc(-c2ccccn2)o1. The highest BCUT2D eigenvalue weighted by atomic mass is 32.1. The molecule has 0 spiro atoms. The summed E-state index contributed by atoms with van der Waals surface area (Å²) in [6, 6.07) is 5.52.